The van der Waals surface area contributed by atoms with E-state index in [-0.39, 0.29) is 0 Å². The molecule has 0 aliphatic heterocycles. The van der Waals surface area contributed by atoms with Gasteiger partial charge in [0.25, 0.3) is 0 Å². The van der Waals surface area contributed by atoms with E-state index < -0.39 is 0 Å². The van der Waals surface area contributed by atoms with Crippen molar-refractivity contribution < 1.29 is 0 Å². The summed E-state index contributed by atoms with van der Waals surface area (Å²) in [4.78, 5) is 0. The number of nitrogens with zero attached hydrogens (tertiary/aromatic N) is 2. The fourth-order valence-corrected chi connectivity index (χ4v) is 3.14. The molecule has 1 N–H and O–H groups in total. The SMILES string of the molecule is CCC1CCC(Nc2ccccc2-n2cccn2)CC1. The van der Waals surface area contributed by atoms with Gasteiger partial charge in [0.2, 0.25) is 0 Å². The minimum Gasteiger partial charge on any atom is -0.381 e. The summed E-state index contributed by atoms with van der Waals surface area (Å²) in [6.45, 7) is 2.31. The molecule has 3 heteroatoms. The van der Waals surface area contributed by atoms with Crippen molar-refractivity contribution in [1.29, 1.82) is 0 Å². The maximum Gasteiger partial charge on any atom is 0.0876 e. The molecule has 0 spiro atoms. The van der Waals surface area contributed by atoms with Crippen molar-refractivity contribution in [2.24, 2.45) is 5.92 Å². The van der Waals surface area contributed by atoms with Crippen LogP contribution in [0.3, 0.4) is 0 Å². The Hall–Kier alpha value is -1.77. The summed E-state index contributed by atoms with van der Waals surface area (Å²) in [5.41, 5.74) is 2.33. The summed E-state index contributed by atoms with van der Waals surface area (Å²) in [6.07, 6.45) is 10.4. The fraction of sp³-hybridized carbons (Fsp3) is 0.471. The van der Waals surface area contributed by atoms with Crippen LogP contribution in [0.25, 0.3) is 5.69 Å². The first-order valence-corrected chi connectivity index (χ1v) is 7.72. The summed E-state index contributed by atoms with van der Waals surface area (Å²) in [5, 5.41) is 8.06. The van der Waals surface area contributed by atoms with E-state index in [0.29, 0.717) is 6.04 Å². The lowest BCUT2D eigenvalue weighted by molar-refractivity contribution is 0.330. The van der Waals surface area contributed by atoms with Gasteiger partial charge in [-0.05, 0) is 49.8 Å². The van der Waals surface area contributed by atoms with E-state index in [2.05, 4.69) is 41.6 Å². The normalized spacial score (nSPS) is 22.6. The molecule has 1 heterocycles. The van der Waals surface area contributed by atoms with E-state index in [1.165, 1.54) is 37.8 Å². The number of hydrogen-bond acceptors (Lipinski definition) is 2. The van der Waals surface area contributed by atoms with Gasteiger partial charge in [-0.25, -0.2) is 4.68 Å². The van der Waals surface area contributed by atoms with Crippen LogP contribution in [-0.4, -0.2) is 15.8 Å². The van der Waals surface area contributed by atoms with Crippen LogP contribution in [0, 0.1) is 5.92 Å². The largest absolute Gasteiger partial charge is 0.381 e. The number of anilines is 1. The summed E-state index contributed by atoms with van der Waals surface area (Å²) < 4.78 is 1.93. The van der Waals surface area contributed by atoms with Gasteiger partial charge in [0, 0.05) is 18.4 Å². The molecule has 0 saturated heterocycles. The molecular formula is C17H23N3. The van der Waals surface area contributed by atoms with Crippen LogP contribution >= 0.6 is 0 Å². The molecule has 1 aromatic carbocycles. The smallest absolute Gasteiger partial charge is 0.0876 e. The van der Waals surface area contributed by atoms with Gasteiger partial charge in [-0.2, -0.15) is 5.10 Å². The minimum absolute atomic E-state index is 0.606. The van der Waals surface area contributed by atoms with E-state index in [1.54, 1.807) is 0 Å². The van der Waals surface area contributed by atoms with Gasteiger partial charge in [-0.15, -0.1) is 0 Å². The molecule has 0 atom stereocenters. The molecule has 2 aromatic rings. The Kier molecular flexibility index (Phi) is 4.05. The third kappa shape index (κ3) is 2.87. The maximum absolute atomic E-state index is 4.34. The highest BCUT2D eigenvalue weighted by Crippen LogP contribution is 2.29. The van der Waals surface area contributed by atoms with Gasteiger partial charge in [0.1, 0.15) is 0 Å². The lowest BCUT2D eigenvalue weighted by Crippen LogP contribution is -2.26. The lowest BCUT2D eigenvalue weighted by Gasteiger charge is -2.29. The third-order valence-electron chi connectivity index (χ3n) is 4.44. The maximum atomic E-state index is 4.34. The van der Waals surface area contributed by atoms with Crippen molar-refractivity contribution in [1.82, 2.24) is 9.78 Å². The van der Waals surface area contributed by atoms with Crippen molar-refractivity contribution in [2.45, 2.75) is 45.1 Å². The number of benzene rings is 1. The van der Waals surface area contributed by atoms with E-state index in [0.717, 1.165) is 11.6 Å². The zero-order valence-electron chi connectivity index (χ0n) is 12.1. The van der Waals surface area contributed by atoms with Crippen molar-refractivity contribution in [2.75, 3.05) is 5.32 Å². The van der Waals surface area contributed by atoms with Crippen molar-refractivity contribution >= 4 is 5.69 Å². The quantitative estimate of drug-likeness (QED) is 0.899. The Morgan fingerprint density at radius 2 is 1.95 bits per heavy atom. The highest BCUT2D eigenvalue weighted by atomic mass is 15.3. The predicted octanol–water partition coefficient (Wildman–Crippen LogP) is 4.25. The number of nitrogens with one attached hydrogen (secondary N) is 1. The summed E-state index contributed by atoms with van der Waals surface area (Å²) in [6, 6.07) is 11.0. The molecular weight excluding hydrogens is 246 g/mol. The predicted molar refractivity (Wildman–Crippen MR) is 83.2 cm³/mol. The second kappa shape index (κ2) is 6.12. The molecule has 20 heavy (non-hydrogen) atoms. The van der Waals surface area contributed by atoms with Crippen LogP contribution in [0.4, 0.5) is 5.69 Å². The van der Waals surface area contributed by atoms with E-state index in [4.69, 9.17) is 0 Å². The Labute approximate surface area is 121 Å². The number of hydrogen-bond donors (Lipinski definition) is 1. The first-order chi connectivity index (χ1) is 9.86. The molecule has 1 aromatic heterocycles. The fourth-order valence-electron chi connectivity index (χ4n) is 3.14. The molecule has 1 saturated carbocycles. The van der Waals surface area contributed by atoms with Gasteiger partial charge < -0.3 is 5.32 Å². The van der Waals surface area contributed by atoms with Crippen LogP contribution in [-0.2, 0) is 0 Å². The zero-order chi connectivity index (χ0) is 13.8. The highest BCUT2D eigenvalue weighted by molar-refractivity contribution is 5.61. The molecule has 3 rings (SSSR count). The standard InChI is InChI=1S/C17H23N3/c1-2-14-8-10-15(11-9-14)19-16-6-3-4-7-17(16)20-13-5-12-18-20/h3-7,12-15,19H,2,8-11H2,1H3. The molecule has 1 aliphatic rings. The Balaban J connectivity index is 1.72. The van der Waals surface area contributed by atoms with Crippen LogP contribution in [0.5, 0.6) is 0 Å². The van der Waals surface area contributed by atoms with E-state index >= 15 is 0 Å². The number of aromatic nitrogens is 2. The van der Waals surface area contributed by atoms with Crippen molar-refractivity contribution in [3.05, 3.63) is 42.7 Å². The van der Waals surface area contributed by atoms with Gasteiger partial charge in [0.15, 0.2) is 0 Å². The highest BCUT2D eigenvalue weighted by Gasteiger charge is 2.20. The van der Waals surface area contributed by atoms with Crippen LogP contribution in [0.15, 0.2) is 42.7 Å². The van der Waals surface area contributed by atoms with Crippen LogP contribution < -0.4 is 5.32 Å². The van der Waals surface area contributed by atoms with Gasteiger partial charge in [0.05, 0.1) is 11.4 Å². The molecule has 0 radical (unpaired) electrons. The minimum atomic E-state index is 0.606. The molecule has 3 nitrogen and oxygen atoms in total. The average Bonchev–Trinajstić information content (AvgIpc) is 3.03. The lowest BCUT2D eigenvalue weighted by atomic mass is 9.84. The average molecular weight is 269 g/mol. The first kappa shape index (κ1) is 13.2. The number of rotatable bonds is 4. The van der Waals surface area contributed by atoms with Crippen LogP contribution in [0.2, 0.25) is 0 Å². The Morgan fingerprint density at radius 3 is 2.65 bits per heavy atom. The third-order valence-corrected chi connectivity index (χ3v) is 4.44. The van der Waals surface area contributed by atoms with Gasteiger partial charge >= 0.3 is 0 Å². The van der Waals surface area contributed by atoms with Crippen molar-refractivity contribution in [3.63, 3.8) is 0 Å². The molecule has 0 unspecified atom stereocenters. The second-order valence-electron chi connectivity index (χ2n) is 5.74. The van der Waals surface area contributed by atoms with E-state index in [9.17, 15) is 0 Å². The molecule has 1 fully saturated rings. The summed E-state index contributed by atoms with van der Waals surface area (Å²) in [5.74, 6) is 0.939. The molecule has 0 amide bonds. The molecule has 1 aliphatic carbocycles. The summed E-state index contributed by atoms with van der Waals surface area (Å²) in [7, 11) is 0. The second-order valence-corrected chi connectivity index (χ2v) is 5.74. The van der Waals surface area contributed by atoms with Crippen LogP contribution in [0.1, 0.15) is 39.0 Å². The monoisotopic (exact) mass is 269 g/mol. The zero-order valence-corrected chi connectivity index (χ0v) is 12.1. The Bertz CT molecular complexity index is 525. The van der Waals surface area contributed by atoms with Crippen molar-refractivity contribution in [3.8, 4) is 5.69 Å². The van der Waals surface area contributed by atoms with Gasteiger partial charge in [-0.3, -0.25) is 0 Å². The van der Waals surface area contributed by atoms with Gasteiger partial charge in [-0.1, -0.05) is 25.5 Å². The summed E-state index contributed by atoms with van der Waals surface area (Å²) >= 11 is 0. The van der Waals surface area contributed by atoms with E-state index in [1.807, 2.05) is 23.1 Å². The molecule has 0 bridgehead atoms. The Morgan fingerprint density at radius 1 is 1.15 bits per heavy atom. The molecule has 106 valence electrons. The number of para-hydroxylation sites is 2. The first-order valence-electron chi connectivity index (χ1n) is 7.72. The topological polar surface area (TPSA) is 29.9 Å².